The van der Waals surface area contributed by atoms with Crippen LogP contribution in [0.25, 0.3) is 0 Å². The van der Waals surface area contributed by atoms with E-state index in [1.807, 2.05) is 48.5 Å². The number of methoxy groups -OCH3 is 2. The molecule has 356 valence electrons. The SMILES string of the molecule is COC(=O)N[C@H](C(=O)N1C[C@@H](O)C[C@H]1C(=O)Cc1ccc([C@@H]2CC[C@@H](c3ccc(CC(=O)[C@@H]4C[C@H](O)CN4C(=O)[C@@H](NC(=O)OC)C(C)(C)C)cc3)N2c2ccc(F)cc2)cc1)C(C)(C)C. The number of Topliss-reactive ketones (excluding diaryl/α,β-unsaturated/α-hetero) is 2. The third kappa shape index (κ3) is 11.4. The summed E-state index contributed by atoms with van der Waals surface area (Å²) in [5.74, 6) is -1.76. The molecular weight excluding hydrogens is 850 g/mol. The van der Waals surface area contributed by atoms with E-state index in [-0.39, 0.29) is 68.2 Å². The first-order chi connectivity index (χ1) is 31.1. The van der Waals surface area contributed by atoms with Crippen LogP contribution in [0.15, 0.2) is 72.8 Å². The second-order valence-electron chi connectivity index (χ2n) is 19.9. The molecule has 0 unspecified atom stereocenters. The Morgan fingerprint density at radius 3 is 1.32 bits per heavy atom. The highest BCUT2D eigenvalue weighted by Crippen LogP contribution is 2.47. The molecule has 3 saturated heterocycles. The number of β-amino-alcohol motifs (C(OH)–C–C–N with tert-alkyl or cyclic N) is 2. The van der Waals surface area contributed by atoms with E-state index in [0.717, 1.165) is 40.8 Å². The molecule has 0 radical (unpaired) electrons. The monoisotopic (exact) mass is 913 g/mol. The van der Waals surface area contributed by atoms with Crippen molar-refractivity contribution in [2.24, 2.45) is 10.8 Å². The first-order valence-electron chi connectivity index (χ1n) is 22.5. The molecule has 66 heavy (non-hydrogen) atoms. The molecule has 6 rings (SSSR count). The lowest BCUT2D eigenvalue weighted by Crippen LogP contribution is -2.56. The number of carbonyl (C=O) groups is 6. The van der Waals surface area contributed by atoms with E-state index < -0.39 is 71.2 Å². The van der Waals surface area contributed by atoms with E-state index in [1.54, 1.807) is 53.7 Å². The van der Waals surface area contributed by atoms with Crippen molar-refractivity contribution < 1.29 is 52.8 Å². The van der Waals surface area contributed by atoms with Crippen LogP contribution in [0.1, 0.15) is 102 Å². The number of nitrogens with zero attached hydrogens (tertiary/aromatic N) is 3. The Morgan fingerprint density at radius 1 is 0.621 bits per heavy atom. The normalized spacial score (nSPS) is 23.0. The van der Waals surface area contributed by atoms with E-state index in [2.05, 4.69) is 15.5 Å². The Bertz CT molecular complexity index is 2110. The van der Waals surface area contributed by atoms with Crippen LogP contribution in [0.3, 0.4) is 0 Å². The van der Waals surface area contributed by atoms with Gasteiger partial charge in [-0.2, -0.15) is 0 Å². The largest absolute Gasteiger partial charge is 0.453 e. The molecule has 3 aliphatic rings. The van der Waals surface area contributed by atoms with Crippen molar-refractivity contribution in [2.45, 2.75) is 129 Å². The van der Waals surface area contributed by atoms with Gasteiger partial charge >= 0.3 is 12.2 Å². The molecule has 8 atom stereocenters. The van der Waals surface area contributed by atoms with Crippen LogP contribution in [-0.4, -0.2) is 119 Å². The minimum atomic E-state index is -0.986. The molecule has 15 nitrogen and oxygen atoms in total. The molecule has 16 heteroatoms. The van der Waals surface area contributed by atoms with Crippen LogP contribution < -0.4 is 15.5 Å². The smallest absolute Gasteiger partial charge is 0.407 e. The standard InChI is InChI=1S/C50H64FN5O10/c1-49(2,3)43(52-47(63)65-7)45(61)54-27-35(57)25-39(54)41(59)23-29-9-13-31(14-10-29)37-21-22-38(56(37)34-19-17-33(51)18-20-34)32-15-11-30(12-16-32)24-42(60)40-26-36(58)28-55(40)46(62)44(50(4,5)6)53-48(64)66-8/h9-20,35-40,43-44,57-58H,21-28H2,1-8H3,(H,52,63)(H,53,64)/t35-,36-,37-,38-,39-,40-,43+,44+/m0/s1. The van der Waals surface area contributed by atoms with Crippen molar-refractivity contribution in [1.29, 1.82) is 0 Å². The van der Waals surface area contributed by atoms with E-state index in [4.69, 9.17) is 9.47 Å². The number of anilines is 1. The van der Waals surface area contributed by atoms with Gasteiger partial charge in [-0.25, -0.2) is 14.0 Å². The average Bonchev–Trinajstić information content (AvgIpc) is 4.01. The van der Waals surface area contributed by atoms with Gasteiger partial charge in [0.25, 0.3) is 0 Å². The number of amides is 4. The van der Waals surface area contributed by atoms with Gasteiger partial charge in [0.1, 0.15) is 17.9 Å². The van der Waals surface area contributed by atoms with Crippen molar-refractivity contribution in [3.05, 3.63) is 101 Å². The summed E-state index contributed by atoms with van der Waals surface area (Å²) in [6.45, 7) is 10.7. The van der Waals surface area contributed by atoms with Crippen molar-refractivity contribution in [3.63, 3.8) is 0 Å². The average molecular weight is 914 g/mol. The highest BCUT2D eigenvalue weighted by atomic mass is 19.1. The van der Waals surface area contributed by atoms with Crippen LogP contribution in [-0.2, 0) is 41.5 Å². The van der Waals surface area contributed by atoms with Crippen molar-refractivity contribution in [3.8, 4) is 0 Å². The van der Waals surface area contributed by atoms with E-state index in [1.165, 1.54) is 36.2 Å². The lowest BCUT2D eigenvalue weighted by atomic mass is 9.85. The van der Waals surface area contributed by atoms with Gasteiger partial charge in [0.15, 0.2) is 11.6 Å². The number of hydrogen-bond acceptors (Lipinski definition) is 11. The van der Waals surface area contributed by atoms with Gasteiger partial charge in [0.2, 0.25) is 11.8 Å². The van der Waals surface area contributed by atoms with Gasteiger partial charge in [-0.05, 0) is 70.2 Å². The number of benzene rings is 3. The van der Waals surface area contributed by atoms with E-state index >= 15 is 0 Å². The summed E-state index contributed by atoms with van der Waals surface area (Å²) in [7, 11) is 2.42. The summed E-state index contributed by atoms with van der Waals surface area (Å²) in [5, 5.41) is 26.4. The van der Waals surface area contributed by atoms with Crippen LogP contribution in [0.2, 0.25) is 0 Å². The number of likely N-dealkylation sites (tertiary alicyclic amines) is 2. The Kier molecular flexibility index (Phi) is 15.3. The maximum absolute atomic E-state index is 14.2. The fourth-order valence-electron chi connectivity index (χ4n) is 9.50. The van der Waals surface area contributed by atoms with Crippen LogP contribution in [0, 0.1) is 16.6 Å². The summed E-state index contributed by atoms with van der Waals surface area (Å²) in [4.78, 5) is 84.5. The number of hydrogen-bond donors (Lipinski definition) is 4. The molecule has 3 aromatic carbocycles. The minimum Gasteiger partial charge on any atom is -0.453 e. The number of aliphatic hydroxyl groups excluding tert-OH is 2. The topological polar surface area (TPSA) is 195 Å². The number of halogens is 1. The molecule has 3 aromatic rings. The summed E-state index contributed by atoms with van der Waals surface area (Å²) in [6.07, 6.45) is -1.57. The Hall–Kier alpha value is -5.87. The van der Waals surface area contributed by atoms with E-state index in [0.29, 0.717) is 0 Å². The predicted octanol–water partition coefficient (Wildman–Crippen LogP) is 5.60. The molecule has 4 amide bonds. The number of rotatable bonds is 13. The van der Waals surface area contributed by atoms with Crippen LogP contribution in [0.5, 0.6) is 0 Å². The number of ketones is 2. The predicted molar refractivity (Wildman–Crippen MR) is 244 cm³/mol. The third-order valence-electron chi connectivity index (χ3n) is 13.0. The Morgan fingerprint density at radius 2 is 0.985 bits per heavy atom. The van der Waals surface area contributed by atoms with Gasteiger partial charge in [-0.1, -0.05) is 90.1 Å². The zero-order chi connectivity index (χ0) is 48.2. The second-order valence-corrected chi connectivity index (χ2v) is 19.9. The highest BCUT2D eigenvalue weighted by molar-refractivity contribution is 5.95. The fourth-order valence-corrected chi connectivity index (χ4v) is 9.50. The molecule has 0 bridgehead atoms. The minimum absolute atomic E-state index is 0.0234. The molecule has 3 fully saturated rings. The van der Waals surface area contributed by atoms with Crippen molar-refractivity contribution >= 4 is 41.3 Å². The van der Waals surface area contributed by atoms with Crippen LogP contribution >= 0.6 is 0 Å². The summed E-state index contributed by atoms with van der Waals surface area (Å²) in [6, 6.07) is 17.9. The van der Waals surface area contributed by atoms with E-state index in [9.17, 15) is 43.4 Å². The molecule has 0 spiro atoms. The first kappa shape index (κ1) is 49.6. The number of carbonyl (C=O) groups excluding carboxylic acids is 6. The van der Waals surface area contributed by atoms with Gasteiger partial charge in [-0.3, -0.25) is 19.2 Å². The molecule has 0 aromatic heterocycles. The quantitative estimate of drug-likeness (QED) is 0.167. The Labute approximate surface area is 386 Å². The van der Waals surface area contributed by atoms with Gasteiger partial charge in [0, 0.05) is 44.5 Å². The molecule has 3 heterocycles. The zero-order valence-corrected chi connectivity index (χ0v) is 39.1. The maximum atomic E-state index is 14.2. The third-order valence-corrected chi connectivity index (χ3v) is 13.0. The first-order valence-corrected chi connectivity index (χ1v) is 22.5. The second kappa shape index (κ2) is 20.3. The number of ether oxygens (including phenoxy) is 2. The molecule has 4 N–H and O–H groups in total. The molecule has 3 aliphatic heterocycles. The number of aliphatic hydroxyl groups is 2. The highest BCUT2D eigenvalue weighted by Gasteiger charge is 2.46. The zero-order valence-electron chi connectivity index (χ0n) is 39.1. The van der Waals surface area contributed by atoms with Crippen molar-refractivity contribution in [1.82, 2.24) is 20.4 Å². The fraction of sp³-hybridized carbons (Fsp3) is 0.520. The lowest BCUT2D eigenvalue weighted by molar-refractivity contribution is -0.141. The number of nitrogens with one attached hydrogen (secondary N) is 2. The lowest BCUT2D eigenvalue weighted by Gasteiger charge is -2.35. The number of alkyl carbamates (subject to hydrolysis) is 2. The van der Waals surface area contributed by atoms with Gasteiger partial charge in [0.05, 0.1) is 50.6 Å². The summed E-state index contributed by atoms with van der Waals surface area (Å²) < 4.78 is 23.7. The van der Waals surface area contributed by atoms with Gasteiger partial charge < -0.3 is 45.0 Å². The van der Waals surface area contributed by atoms with Crippen molar-refractivity contribution in [2.75, 3.05) is 32.2 Å². The summed E-state index contributed by atoms with van der Waals surface area (Å²) >= 11 is 0. The molecule has 0 aliphatic carbocycles. The van der Waals surface area contributed by atoms with Gasteiger partial charge in [-0.15, -0.1) is 0 Å². The Balaban J connectivity index is 1.16. The molecular formula is C50H64FN5O10. The summed E-state index contributed by atoms with van der Waals surface area (Å²) in [5.41, 5.74) is 2.86. The maximum Gasteiger partial charge on any atom is 0.407 e. The molecule has 0 saturated carbocycles. The van der Waals surface area contributed by atoms with Crippen LogP contribution in [0.4, 0.5) is 19.7 Å².